The Balaban J connectivity index is 4.67. The molecule has 86 valence electrons. The highest BCUT2D eigenvalue weighted by Crippen LogP contribution is 2.26. The minimum absolute atomic E-state index is 0.106. The van der Waals surface area contributed by atoms with Gasteiger partial charge in [-0.15, -0.1) is 0 Å². The Morgan fingerprint density at radius 3 is 1.93 bits per heavy atom. The Labute approximate surface area is 88.3 Å². The Hall–Kier alpha value is -0.120. The lowest BCUT2D eigenvalue weighted by Crippen LogP contribution is -2.55. The van der Waals surface area contributed by atoms with Crippen LogP contribution in [-0.2, 0) is 0 Å². The molecular weight excluding hydrogens is 176 g/mol. The standard InChI is InChI=1S/C11H26N2O/c1-8(7-14)13(6)10(9(2)12)11(3,4)5/h8-10,14H,7,12H2,1-6H3. The van der Waals surface area contributed by atoms with E-state index in [1.165, 1.54) is 0 Å². The molecule has 0 heterocycles. The Morgan fingerprint density at radius 2 is 1.71 bits per heavy atom. The van der Waals surface area contributed by atoms with Crippen molar-refractivity contribution in [2.45, 2.75) is 52.7 Å². The normalized spacial score (nSPS) is 19.5. The van der Waals surface area contributed by atoms with Crippen molar-refractivity contribution in [2.75, 3.05) is 13.7 Å². The van der Waals surface area contributed by atoms with Gasteiger partial charge in [0.05, 0.1) is 6.61 Å². The molecule has 0 aliphatic heterocycles. The zero-order valence-electron chi connectivity index (χ0n) is 10.4. The smallest absolute Gasteiger partial charge is 0.0584 e. The molecule has 14 heavy (non-hydrogen) atoms. The number of hydrogen-bond donors (Lipinski definition) is 2. The molecule has 3 N–H and O–H groups in total. The van der Waals surface area contributed by atoms with Crippen molar-refractivity contribution in [3.8, 4) is 0 Å². The van der Waals surface area contributed by atoms with E-state index >= 15 is 0 Å². The highest BCUT2D eigenvalue weighted by atomic mass is 16.3. The van der Waals surface area contributed by atoms with Crippen LogP contribution in [0.25, 0.3) is 0 Å². The average Bonchev–Trinajstić information content (AvgIpc) is 1.99. The van der Waals surface area contributed by atoms with E-state index in [1.54, 1.807) is 0 Å². The third-order valence-electron chi connectivity index (χ3n) is 2.78. The quantitative estimate of drug-likeness (QED) is 0.717. The van der Waals surface area contributed by atoms with Crippen molar-refractivity contribution in [1.82, 2.24) is 4.90 Å². The Bertz CT molecular complexity index is 163. The van der Waals surface area contributed by atoms with Crippen LogP contribution in [0.1, 0.15) is 34.6 Å². The van der Waals surface area contributed by atoms with Crippen molar-refractivity contribution in [3.05, 3.63) is 0 Å². The van der Waals surface area contributed by atoms with Gasteiger partial charge in [-0.1, -0.05) is 20.8 Å². The first-order valence-corrected chi connectivity index (χ1v) is 5.30. The predicted octanol–water partition coefficient (Wildman–Crippen LogP) is 1.06. The molecule has 3 nitrogen and oxygen atoms in total. The lowest BCUT2D eigenvalue weighted by molar-refractivity contribution is 0.0493. The summed E-state index contributed by atoms with van der Waals surface area (Å²) >= 11 is 0. The van der Waals surface area contributed by atoms with Crippen LogP contribution >= 0.6 is 0 Å². The van der Waals surface area contributed by atoms with Gasteiger partial charge in [0.2, 0.25) is 0 Å². The maximum Gasteiger partial charge on any atom is 0.0584 e. The molecule has 0 amide bonds. The van der Waals surface area contributed by atoms with Crippen LogP contribution in [0.5, 0.6) is 0 Å². The van der Waals surface area contributed by atoms with Crippen LogP contribution in [0.15, 0.2) is 0 Å². The summed E-state index contributed by atoms with van der Waals surface area (Å²) in [6, 6.07) is 0.545. The molecule has 0 aromatic carbocycles. The van der Waals surface area contributed by atoms with Gasteiger partial charge in [-0.05, 0) is 26.3 Å². The molecule has 0 aromatic rings. The zero-order chi connectivity index (χ0) is 11.5. The largest absolute Gasteiger partial charge is 0.395 e. The molecule has 3 heteroatoms. The first kappa shape index (κ1) is 13.9. The van der Waals surface area contributed by atoms with Gasteiger partial charge >= 0.3 is 0 Å². The highest BCUT2D eigenvalue weighted by molar-refractivity contribution is 4.89. The van der Waals surface area contributed by atoms with Crippen LogP contribution in [0.4, 0.5) is 0 Å². The van der Waals surface area contributed by atoms with E-state index in [-0.39, 0.29) is 30.1 Å². The van der Waals surface area contributed by atoms with E-state index in [2.05, 4.69) is 25.7 Å². The number of rotatable bonds is 4. The Morgan fingerprint density at radius 1 is 1.29 bits per heavy atom. The summed E-state index contributed by atoms with van der Waals surface area (Å²) in [5, 5.41) is 9.12. The SMILES string of the molecule is CC(N)C(N(C)C(C)CO)C(C)(C)C. The molecule has 3 unspecified atom stereocenters. The van der Waals surface area contributed by atoms with Gasteiger partial charge in [0, 0.05) is 18.1 Å². The molecule has 0 spiro atoms. The average molecular weight is 202 g/mol. The maximum absolute atomic E-state index is 9.12. The number of hydrogen-bond acceptors (Lipinski definition) is 3. The van der Waals surface area contributed by atoms with E-state index < -0.39 is 0 Å². The molecule has 0 saturated heterocycles. The van der Waals surface area contributed by atoms with Gasteiger partial charge in [-0.25, -0.2) is 0 Å². The third-order valence-corrected chi connectivity index (χ3v) is 2.78. The number of aliphatic hydroxyl groups is 1. The van der Waals surface area contributed by atoms with Gasteiger partial charge in [-0.2, -0.15) is 0 Å². The second kappa shape index (κ2) is 5.10. The van der Waals surface area contributed by atoms with Gasteiger partial charge in [0.1, 0.15) is 0 Å². The minimum atomic E-state index is 0.106. The second-order valence-electron chi connectivity index (χ2n) is 5.37. The summed E-state index contributed by atoms with van der Waals surface area (Å²) in [4.78, 5) is 2.17. The summed E-state index contributed by atoms with van der Waals surface area (Å²) in [7, 11) is 2.03. The van der Waals surface area contributed by atoms with Gasteiger partial charge in [0.15, 0.2) is 0 Å². The fourth-order valence-electron chi connectivity index (χ4n) is 2.17. The fraction of sp³-hybridized carbons (Fsp3) is 1.00. The van der Waals surface area contributed by atoms with Gasteiger partial charge in [-0.3, -0.25) is 4.90 Å². The van der Waals surface area contributed by atoms with E-state index in [0.29, 0.717) is 0 Å². The van der Waals surface area contributed by atoms with Crippen LogP contribution < -0.4 is 5.73 Å². The van der Waals surface area contributed by atoms with Gasteiger partial charge in [0.25, 0.3) is 0 Å². The second-order valence-corrected chi connectivity index (χ2v) is 5.37. The van der Waals surface area contributed by atoms with Crippen molar-refractivity contribution >= 4 is 0 Å². The van der Waals surface area contributed by atoms with Crippen LogP contribution in [0.2, 0.25) is 0 Å². The summed E-state index contributed by atoms with van der Waals surface area (Å²) < 4.78 is 0. The molecule has 3 atom stereocenters. The van der Waals surface area contributed by atoms with Crippen molar-refractivity contribution in [3.63, 3.8) is 0 Å². The molecule has 0 rings (SSSR count). The topological polar surface area (TPSA) is 49.5 Å². The molecule has 0 aromatic heterocycles. The predicted molar refractivity (Wildman–Crippen MR) is 61.2 cm³/mol. The molecule has 0 radical (unpaired) electrons. The Kier molecular flexibility index (Phi) is 5.06. The first-order chi connectivity index (χ1) is 6.21. The summed E-state index contributed by atoms with van der Waals surface area (Å²) in [6.07, 6.45) is 0. The van der Waals surface area contributed by atoms with E-state index in [1.807, 2.05) is 20.9 Å². The van der Waals surface area contributed by atoms with Crippen molar-refractivity contribution < 1.29 is 5.11 Å². The van der Waals surface area contributed by atoms with E-state index in [9.17, 15) is 0 Å². The molecule has 0 fully saturated rings. The maximum atomic E-state index is 9.12. The van der Waals surface area contributed by atoms with Gasteiger partial charge < -0.3 is 10.8 Å². The third kappa shape index (κ3) is 3.56. The van der Waals surface area contributed by atoms with Crippen molar-refractivity contribution in [2.24, 2.45) is 11.1 Å². The number of nitrogens with two attached hydrogens (primary N) is 1. The lowest BCUT2D eigenvalue weighted by atomic mass is 9.81. The highest BCUT2D eigenvalue weighted by Gasteiger charge is 2.33. The number of likely N-dealkylation sites (N-methyl/N-ethyl adjacent to an activating group) is 1. The monoisotopic (exact) mass is 202 g/mol. The van der Waals surface area contributed by atoms with E-state index in [0.717, 1.165) is 0 Å². The fourth-order valence-corrected chi connectivity index (χ4v) is 2.17. The molecule has 0 aliphatic rings. The molecule has 0 aliphatic carbocycles. The molecule has 0 saturated carbocycles. The lowest BCUT2D eigenvalue weighted by Gasteiger charge is -2.43. The summed E-state index contributed by atoms with van der Waals surface area (Å²) in [5.41, 5.74) is 6.12. The summed E-state index contributed by atoms with van der Waals surface area (Å²) in [5.74, 6) is 0. The van der Waals surface area contributed by atoms with Crippen LogP contribution in [0.3, 0.4) is 0 Å². The minimum Gasteiger partial charge on any atom is -0.395 e. The van der Waals surface area contributed by atoms with E-state index in [4.69, 9.17) is 10.8 Å². The number of aliphatic hydroxyl groups excluding tert-OH is 1. The van der Waals surface area contributed by atoms with Crippen LogP contribution in [0, 0.1) is 5.41 Å². The zero-order valence-corrected chi connectivity index (χ0v) is 10.4. The molecule has 0 bridgehead atoms. The van der Waals surface area contributed by atoms with Crippen molar-refractivity contribution in [1.29, 1.82) is 0 Å². The summed E-state index contributed by atoms with van der Waals surface area (Å²) in [6.45, 7) is 10.8. The number of nitrogens with zero attached hydrogens (tertiary/aromatic N) is 1. The first-order valence-electron chi connectivity index (χ1n) is 5.30. The molecular formula is C11H26N2O. The van der Waals surface area contributed by atoms with Crippen LogP contribution in [-0.4, -0.2) is 41.8 Å².